The van der Waals surface area contributed by atoms with Crippen LogP contribution in [-0.4, -0.2) is 23.2 Å². The molecular formula is C30H29NO5. The van der Waals surface area contributed by atoms with Crippen LogP contribution in [0, 0.1) is 5.92 Å². The Morgan fingerprint density at radius 1 is 0.972 bits per heavy atom. The number of nitrogens with zero attached hydrogens (tertiary/aromatic N) is 1. The molecule has 0 saturated carbocycles. The van der Waals surface area contributed by atoms with Crippen molar-refractivity contribution < 1.29 is 23.5 Å². The number of pyridine rings is 1. The zero-order valence-electron chi connectivity index (χ0n) is 20.5. The van der Waals surface area contributed by atoms with Crippen molar-refractivity contribution in [2.45, 2.75) is 45.4 Å². The van der Waals surface area contributed by atoms with Crippen LogP contribution in [0.1, 0.15) is 71.9 Å². The number of carbonyl (C=O) groups excluding carboxylic acids is 2. The normalized spacial score (nSPS) is 15.8. The molecule has 2 aromatic heterocycles. The first-order valence-corrected chi connectivity index (χ1v) is 12.5. The number of hydrogen-bond acceptors (Lipinski definition) is 6. The first-order valence-electron chi connectivity index (χ1n) is 12.5. The minimum absolute atomic E-state index is 0.254. The van der Waals surface area contributed by atoms with Gasteiger partial charge in [-0.2, -0.15) is 0 Å². The number of rotatable bonds is 10. The molecular weight excluding hydrogens is 454 g/mol. The van der Waals surface area contributed by atoms with Gasteiger partial charge in [0.05, 0.1) is 18.6 Å². The molecule has 5 rings (SSSR count). The maximum atomic E-state index is 13.4. The van der Waals surface area contributed by atoms with Gasteiger partial charge in [0, 0.05) is 22.6 Å². The van der Waals surface area contributed by atoms with E-state index in [0.29, 0.717) is 52.3 Å². The van der Waals surface area contributed by atoms with Gasteiger partial charge in [-0.05, 0) is 48.7 Å². The molecule has 0 spiro atoms. The Kier molecular flexibility index (Phi) is 6.85. The minimum atomic E-state index is -0.982. The van der Waals surface area contributed by atoms with Gasteiger partial charge in [-0.1, -0.05) is 51.3 Å². The van der Waals surface area contributed by atoms with E-state index in [2.05, 4.69) is 13.8 Å². The summed E-state index contributed by atoms with van der Waals surface area (Å²) in [5, 5.41) is 0.905. The largest absolute Gasteiger partial charge is 0.491 e. The molecule has 0 bridgehead atoms. The Morgan fingerprint density at radius 3 is 2.61 bits per heavy atom. The highest BCUT2D eigenvalue weighted by molar-refractivity contribution is 6.29. The van der Waals surface area contributed by atoms with Gasteiger partial charge in [-0.15, -0.1) is 0 Å². The molecule has 1 aliphatic rings. The van der Waals surface area contributed by atoms with Gasteiger partial charge >= 0.3 is 0 Å². The molecule has 0 radical (unpaired) electrons. The summed E-state index contributed by atoms with van der Waals surface area (Å²) in [5.74, 6) is 0.381. The molecule has 36 heavy (non-hydrogen) atoms. The summed E-state index contributed by atoms with van der Waals surface area (Å²) in [6.45, 7) is 5.00. The summed E-state index contributed by atoms with van der Waals surface area (Å²) in [6.07, 6.45) is 6.03. The van der Waals surface area contributed by atoms with E-state index in [1.165, 1.54) is 12.7 Å². The average Bonchev–Trinajstić information content (AvgIpc) is 3.50. The zero-order valence-corrected chi connectivity index (χ0v) is 20.5. The average molecular weight is 484 g/mol. The van der Waals surface area contributed by atoms with Gasteiger partial charge in [0.2, 0.25) is 0 Å². The Labute approximate surface area is 210 Å². The van der Waals surface area contributed by atoms with Crippen molar-refractivity contribution in [3.8, 4) is 17.4 Å². The second kappa shape index (κ2) is 10.4. The second-order valence-electron chi connectivity index (χ2n) is 9.19. The number of fused-ring (bicyclic) bond motifs is 2. The number of furan rings is 1. The first kappa shape index (κ1) is 23.8. The summed E-state index contributed by atoms with van der Waals surface area (Å²) >= 11 is 0. The molecule has 2 atom stereocenters. The van der Waals surface area contributed by atoms with Gasteiger partial charge in [0.25, 0.3) is 5.95 Å². The predicted octanol–water partition coefficient (Wildman–Crippen LogP) is 7.38. The summed E-state index contributed by atoms with van der Waals surface area (Å²) in [6, 6.07) is 17.7. The lowest BCUT2D eigenvalue weighted by Gasteiger charge is -2.17. The van der Waals surface area contributed by atoms with Crippen molar-refractivity contribution in [2.75, 3.05) is 6.61 Å². The van der Waals surface area contributed by atoms with Crippen LogP contribution in [0.4, 0.5) is 0 Å². The van der Waals surface area contributed by atoms with Crippen LogP contribution in [0.25, 0.3) is 10.9 Å². The van der Waals surface area contributed by atoms with E-state index in [-0.39, 0.29) is 11.6 Å². The topological polar surface area (TPSA) is 78.6 Å². The number of hydrogen-bond donors (Lipinski definition) is 0. The fourth-order valence-electron chi connectivity index (χ4n) is 4.66. The van der Waals surface area contributed by atoms with Crippen LogP contribution in [0.3, 0.4) is 0 Å². The molecule has 0 aliphatic heterocycles. The Morgan fingerprint density at radius 2 is 1.83 bits per heavy atom. The molecule has 0 fully saturated rings. The Balaban J connectivity index is 1.41. The molecule has 0 amide bonds. The van der Waals surface area contributed by atoms with Gasteiger partial charge in [0.15, 0.2) is 11.6 Å². The Bertz CT molecular complexity index is 1390. The van der Waals surface area contributed by atoms with Gasteiger partial charge in [-0.3, -0.25) is 9.59 Å². The SMILES string of the molecule is CCCCC(CC)COc1cccc2ccc(C3C(=O)c4ccc(Oc5ccco5)cc4C3=O)nc12. The van der Waals surface area contributed by atoms with E-state index >= 15 is 0 Å². The number of Topliss-reactive ketones (excluding diaryl/α,β-unsaturated/α-hetero) is 2. The molecule has 2 heterocycles. The lowest BCUT2D eigenvalue weighted by atomic mass is 9.98. The van der Waals surface area contributed by atoms with E-state index in [9.17, 15) is 9.59 Å². The second-order valence-corrected chi connectivity index (χ2v) is 9.19. The molecule has 6 nitrogen and oxygen atoms in total. The van der Waals surface area contributed by atoms with Crippen LogP contribution < -0.4 is 9.47 Å². The highest BCUT2D eigenvalue weighted by atomic mass is 16.6. The highest BCUT2D eigenvalue weighted by Crippen LogP contribution is 2.37. The number of carbonyl (C=O) groups is 2. The maximum absolute atomic E-state index is 13.4. The van der Waals surface area contributed by atoms with Crippen molar-refractivity contribution in [3.05, 3.63) is 83.7 Å². The predicted molar refractivity (Wildman–Crippen MR) is 137 cm³/mol. The van der Waals surface area contributed by atoms with Crippen molar-refractivity contribution >= 4 is 22.5 Å². The van der Waals surface area contributed by atoms with Crippen LogP contribution in [0.5, 0.6) is 17.4 Å². The summed E-state index contributed by atoms with van der Waals surface area (Å²) < 4.78 is 17.1. The van der Waals surface area contributed by atoms with Gasteiger partial charge < -0.3 is 13.9 Å². The van der Waals surface area contributed by atoms with E-state index in [4.69, 9.17) is 18.9 Å². The molecule has 6 heteroatoms. The highest BCUT2D eigenvalue weighted by Gasteiger charge is 2.41. The smallest absolute Gasteiger partial charge is 0.289 e. The number of ketones is 2. The standard InChI is InChI=1S/C30H29NO5/c1-3-5-8-19(4-2)18-35-25-10-6-9-20-12-15-24(31-28(20)25)27-29(32)22-14-13-21(17-23(22)30(27)33)36-26-11-7-16-34-26/h6-7,9-17,19,27H,3-5,8,18H2,1-2H3. The van der Waals surface area contributed by atoms with E-state index in [0.717, 1.165) is 24.6 Å². The summed E-state index contributed by atoms with van der Waals surface area (Å²) in [5.41, 5.74) is 1.81. The monoisotopic (exact) mass is 483 g/mol. The third-order valence-electron chi connectivity index (χ3n) is 6.78. The van der Waals surface area contributed by atoms with Gasteiger partial charge in [-0.25, -0.2) is 4.98 Å². The van der Waals surface area contributed by atoms with E-state index in [1.54, 1.807) is 36.4 Å². The van der Waals surface area contributed by atoms with Gasteiger partial charge in [0.1, 0.15) is 22.9 Å². The van der Waals surface area contributed by atoms with Crippen LogP contribution in [0.15, 0.2) is 71.3 Å². The number of ether oxygens (including phenoxy) is 2. The number of para-hydroxylation sites is 1. The number of aromatic nitrogens is 1. The fraction of sp³-hybridized carbons (Fsp3) is 0.300. The third kappa shape index (κ3) is 4.63. The van der Waals surface area contributed by atoms with E-state index in [1.807, 2.05) is 24.3 Å². The zero-order chi connectivity index (χ0) is 25.1. The third-order valence-corrected chi connectivity index (χ3v) is 6.78. The minimum Gasteiger partial charge on any atom is -0.491 e. The lowest BCUT2D eigenvalue weighted by molar-refractivity contribution is 0.0888. The summed E-state index contributed by atoms with van der Waals surface area (Å²) in [7, 11) is 0. The summed E-state index contributed by atoms with van der Waals surface area (Å²) in [4.78, 5) is 31.4. The molecule has 0 N–H and O–H groups in total. The lowest BCUT2D eigenvalue weighted by Crippen LogP contribution is -2.15. The Hall–Kier alpha value is -3.93. The molecule has 184 valence electrons. The fourth-order valence-corrected chi connectivity index (χ4v) is 4.66. The van der Waals surface area contributed by atoms with Crippen molar-refractivity contribution in [1.82, 2.24) is 4.98 Å². The van der Waals surface area contributed by atoms with Crippen LogP contribution in [0.2, 0.25) is 0 Å². The number of benzene rings is 2. The quantitative estimate of drug-likeness (QED) is 0.219. The van der Waals surface area contributed by atoms with Crippen LogP contribution in [-0.2, 0) is 0 Å². The van der Waals surface area contributed by atoms with Crippen molar-refractivity contribution in [3.63, 3.8) is 0 Å². The first-order chi connectivity index (χ1) is 17.6. The van der Waals surface area contributed by atoms with Crippen LogP contribution >= 0.6 is 0 Å². The molecule has 4 aromatic rings. The molecule has 2 unspecified atom stereocenters. The van der Waals surface area contributed by atoms with Crippen molar-refractivity contribution in [1.29, 1.82) is 0 Å². The molecule has 2 aromatic carbocycles. The van der Waals surface area contributed by atoms with E-state index < -0.39 is 5.92 Å². The molecule has 0 saturated heterocycles. The molecule has 1 aliphatic carbocycles. The maximum Gasteiger partial charge on any atom is 0.289 e. The van der Waals surface area contributed by atoms with Crippen molar-refractivity contribution in [2.24, 2.45) is 5.92 Å². The number of unbranched alkanes of at least 4 members (excludes halogenated alkanes) is 1.